The van der Waals surface area contributed by atoms with Gasteiger partial charge in [0, 0.05) is 30.5 Å². The van der Waals surface area contributed by atoms with Crippen molar-refractivity contribution in [2.75, 3.05) is 0 Å². The molecule has 0 bridgehead atoms. The number of amides is 1. The number of nitro benzene ring substituents is 1. The van der Waals surface area contributed by atoms with Gasteiger partial charge in [0.2, 0.25) is 18.0 Å². The molecule has 11 heteroatoms. The molecule has 10 nitrogen and oxygen atoms in total. The number of hydrogen-bond acceptors (Lipinski definition) is 8. The molecule has 0 aliphatic carbocycles. The summed E-state index contributed by atoms with van der Waals surface area (Å²) in [5, 5.41) is 16.7. The Balaban J connectivity index is 1.72. The fraction of sp³-hybridized carbons (Fsp3) is 0.160. The molecule has 1 heterocycles. The van der Waals surface area contributed by atoms with E-state index < -0.39 is 23.0 Å². The Kier molecular flexibility index (Phi) is 7.30. The first-order chi connectivity index (χ1) is 17.2. The summed E-state index contributed by atoms with van der Waals surface area (Å²) in [6, 6.07) is 18.5. The van der Waals surface area contributed by atoms with Crippen molar-refractivity contribution in [2.45, 2.75) is 26.7 Å². The van der Waals surface area contributed by atoms with E-state index in [0.29, 0.717) is 15.8 Å². The van der Waals surface area contributed by atoms with Crippen molar-refractivity contribution in [3.05, 3.63) is 98.0 Å². The van der Waals surface area contributed by atoms with Gasteiger partial charge in [0.1, 0.15) is 18.1 Å². The minimum atomic E-state index is -1.04. The molecule has 1 aliphatic heterocycles. The molecule has 1 atom stereocenters. The van der Waals surface area contributed by atoms with E-state index >= 15 is 0 Å². The lowest BCUT2D eigenvalue weighted by molar-refractivity contribution is -0.384. The van der Waals surface area contributed by atoms with Gasteiger partial charge in [-0.2, -0.15) is 5.01 Å². The van der Waals surface area contributed by atoms with Gasteiger partial charge in [0.05, 0.1) is 16.1 Å². The van der Waals surface area contributed by atoms with E-state index in [0.717, 1.165) is 10.6 Å². The summed E-state index contributed by atoms with van der Waals surface area (Å²) in [5.74, 6) is -0.736. The lowest BCUT2D eigenvalue weighted by Crippen LogP contribution is -2.25. The second kappa shape index (κ2) is 10.6. The van der Waals surface area contributed by atoms with Gasteiger partial charge < -0.3 is 14.2 Å². The van der Waals surface area contributed by atoms with Crippen LogP contribution in [0.2, 0.25) is 0 Å². The molecule has 3 aromatic rings. The molecule has 0 saturated heterocycles. The van der Waals surface area contributed by atoms with Crippen LogP contribution in [0.1, 0.15) is 36.8 Å². The zero-order valence-corrected chi connectivity index (χ0v) is 20.8. The van der Waals surface area contributed by atoms with Crippen molar-refractivity contribution >= 4 is 39.4 Å². The van der Waals surface area contributed by atoms with Crippen molar-refractivity contribution in [3.63, 3.8) is 0 Å². The Labute approximate surface area is 214 Å². The summed E-state index contributed by atoms with van der Waals surface area (Å²) < 4.78 is 18.0. The predicted octanol–water partition coefficient (Wildman–Crippen LogP) is 5.10. The summed E-state index contributed by atoms with van der Waals surface area (Å²) in [5.41, 5.74) is 1.23. The van der Waals surface area contributed by atoms with Crippen LogP contribution in [0.5, 0.6) is 11.5 Å². The van der Waals surface area contributed by atoms with Crippen LogP contribution >= 0.6 is 15.9 Å². The zero-order chi connectivity index (χ0) is 25.8. The third-order valence-corrected chi connectivity index (χ3v) is 5.59. The van der Waals surface area contributed by atoms with Crippen LogP contribution < -0.4 is 9.47 Å². The molecule has 0 aromatic heterocycles. The van der Waals surface area contributed by atoms with Crippen molar-refractivity contribution < 1.29 is 28.7 Å². The molecule has 1 aliphatic rings. The Morgan fingerprint density at radius 1 is 1.08 bits per heavy atom. The molecule has 0 saturated carbocycles. The molecule has 1 amide bonds. The first-order valence-electron chi connectivity index (χ1n) is 10.7. The van der Waals surface area contributed by atoms with Crippen molar-refractivity contribution in [3.8, 4) is 11.5 Å². The van der Waals surface area contributed by atoms with Crippen LogP contribution in [-0.2, 0) is 20.9 Å². The number of hydrazone groups is 1. The summed E-state index contributed by atoms with van der Waals surface area (Å²) in [7, 11) is 0. The Bertz CT molecular complexity index is 1360. The highest BCUT2D eigenvalue weighted by atomic mass is 79.9. The second-order valence-electron chi connectivity index (χ2n) is 7.73. The van der Waals surface area contributed by atoms with Gasteiger partial charge in [-0.3, -0.25) is 19.7 Å². The van der Waals surface area contributed by atoms with Crippen LogP contribution in [0.25, 0.3) is 0 Å². The Morgan fingerprint density at radius 2 is 1.81 bits per heavy atom. The molecule has 0 spiro atoms. The van der Waals surface area contributed by atoms with E-state index in [1.807, 2.05) is 30.3 Å². The number of carbonyl (C=O) groups excluding carboxylic acids is 2. The molecule has 0 fully saturated rings. The molecule has 184 valence electrons. The van der Waals surface area contributed by atoms with E-state index in [4.69, 9.17) is 14.2 Å². The highest BCUT2D eigenvalue weighted by Crippen LogP contribution is 2.39. The van der Waals surface area contributed by atoms with Crippen LogP contribution in [0.3, 0.4) is 0 Å². The van der Waals surface area contributed by atoms with E-state index in [1.54, 1.807) is 18.2 Å². The zero-order valence-electron chi connectivity index (χ0n) is 19.2. The van der Waals surface area contributed by atoms with Crippen molar-refractivity contribution in [1.82, 2.24) is 5.01 Å². The van der Waals surface area contributed by atoms with Gasteiger partial charge in [-0.05, 0) is 29.8 Å². The van der Waals surface area contributed by atoms with Gasteiger partial charge in [-0.15, -0.1) is 5.10 Å². The molecule has 0 radical (unpaired) electrons. The Morgan fingerprint density at radius 3 is 2.47 bits per heavy atom. The molecular formula is C25H20BrN3O7. The maximum absolute atomic E-state index is 12.5. The van der Waals surface area contributed by atoms with Crippen LogP contribution in [0.4, 0.5) is 5.69 Å². The molecular weight excluding hydrogens is 534 g/mol. The van der Waals surface area contributed by atoms with E-state index in [-0.39, 0.29) is 29.5 Å². The Hall–Kier alpha value is -4.25. The van der Waals surface area contributed by atoms with E-state index in [2.05, 4.69) is 21.0 Å². The number of nitro groups is 1. The van der Waals surface area contributed by atoms with Crippen molar-refractivity contribution in [1.29, 1.82) is 0 Å². The summed E-state index contributed by atoms with van der Waals surface area (Å²) in [6.07, 6.45) is -1.04. The third kappa shape index (κ3) is 5.52. The quantitative estimate of drug-likeness (QED) is 0.172. The van der Waals surface area contributed by atoms with Crippen LogP contribution in [-0.4, -0.2) is 27.7 Å². The number of benzene rings is 3. The van der Waals surface area contributed by atoms with Gasteiger partial charge in [-0.1, -0.05) is 46.3 Å². The van der Waals surface area contributed by atoms with Crippen molar-refractivity contribution in [2.24, 2.45) is 5.10 Å². The van der Waals surface area contributed by atoms with E-state index in [1.165, 1.54) is 32.0 Å². The number of halogens is 1. The number of ether oxygens (including phenoxy) is 3. The largest absolute Gasteiger partial charge is 0.488 e. The topological polar surface area (TPSA) is 121 Å². The van der Waals surface area contributed by atoms with Crippen LogP contribution in [0, 0.1) is 10.1 Å². The lowest BCUT2D eigenvalue weighted by Gasteiger charge is -2.22. The number of carbonyl (C=O) groups is 2. The minimum absolute atomic E-state index is 0.00537. The summed E-state index contributed by atoms with van der Waals surface area (Å²) in [6.45, 7) is 2.79. The highest BCUT2D eigenvalue weighted by Gasteiger charge is 2.37. The maximum Gasteiger partial charge on any atom is 0.308 e. The number of non-ortho nitro benzene ring substituents is 1. The number of rotatable bonds is 7. The molecule has 0 N–H and O–H groups in total. The highest BCUT2D eigenvalue weighted by molar-refractivity contribution is 9.10. The van der Waals surface area contributed by atoms with E-state index in [9.17, 15) is 19.7 Å². The average molecular weight is 554 g/mol. The maximum atomic E-state index is 12.5. The normalized spacial score (nSPS) is 14.6. The fourth-order valence-electron chi connectivity index (χ4n) is 3.50. The summed E-state index contributed by atoms with van der Waals surface area (Å²) >= 11 is 3.44. The molecule has 36 heavy (non-hydrogen) atoms. The summed E-state index contributed by atoms with van der Waals surface area (Å²) in [4.78, 5) is 34.9. The number of esters is 1. The monoisotopic (exact) mass is 553 g/mol. The van der Waals surface area contributed by atoms with Crippen LogP contribution in [0.15, 0.2) is 76.3 Å². The first kappa shape index (κ1) is 24.9. The van der Waals surface area contributed by atoms with Gasteiger partial charge in [-0.25, -0.2) is 0 Å². The number of nitrogens with zero attached hydrogens (tertiary/aromatic N) is 3. The van der Waals surface area contributed by atoms with Gasteiger partial charge >= 0.3 is 5.97 Å². The average Bonchev–Trinajstić information content (AvgIpc) is 3.29. The van der Waals surface area contributed by atoms with Gasteiger partial charge in [0.25, 0.3) is 5.69 Å². The molecule has 0 unspecified atom stereocenters. The number of hydrogen-bond donors (Lipinski definition) is 0. The minimum Gasteiger partial charge on any atom is -0.488 e. The molecule has 4 rings (SSSR count). The fourth-order valence-corrected chi connectivity index (χ4v) is 3.88. The lowest BCUT2D eigenvalue weighted by atomic mass is 10.1. The smallest absolute Gasteiger partial charge is 0.308 e. The first-order valence-corrected chi connectivity index (χ1v) is 11.5. The third-order valence-electron chi connectivity index (χ3n) is 5.10. The second-order valence-corrected chi connectivity index (χ2v) is 8.64. The standard InChI is InChI=1S/C25H20BrN3O7/c1-15(30)28-25(21-12-18(26)8-10-22(21)34-14-17-6-4-3-5-7-17)36-24(27-28)20-13-19(29(32)33)9-11-23(20)35-16(2)31/h3-13,25H,14H2,1-2H3/t25-/m0/s1. The molecule has 3 aromatic carbocycles. The SMILES string of the molecule is CC(=O)Oc1ccc([N+](=O)[O-])cc1C1=NN(C(C)=O)[C@H](c2cc(Br)ccc2OCc2ccccc2)O1. The van der Waals surface area contributed by atoms with Gasteiger partial charge in [0.15, 0.2) is 0 Å². The predicted molar refractivity (Wildman–Crippen MR) is 132 cm³/mol.